The fourth-order valence-electron chi connectivity index (χ4n) is 1.43. The molecular weight excluding hydrogens is 186 g/mol. The van der Waals surface area contributed by atoms with Crippen molar-refractivity contribution in [2.45, 2.75) is 40.7 Å². The lowest BCUT2D eigenvalue weighted by molar-refractivity contribution is -0.116. The lowest BCUT2D eigenvalue weighted by Crippen LogP contribution is -2.34. The van der Waals surface area contributed by atoms with Gasteiger partial charge in [-0.3, -0.25) is 4.79 Å². The number of carbonyl (C=O) groups is 1. The molecule has 0 N–H and O–H groups in total. The largest absolute Gasteiger partial charge is 0.310 e. The number of anilines is 1. The van der Waals surface area contributed by atoms with Crippen molar-refractivity contribution < 1.29 is 4.79 Å². The van der Waals surface area contributed by atoms with Gasteiger partial charge in [-0.1, -0.05) is 32.0 Å². The van der Waals surface area contributed by atoms with Crippen molar-refractivity contribution in [1.82, 2.24) is 0 Å². The van der Waals surface area contributed by atoms with Crippen molar-refractivity contribution in [3.8, 4) is 0 Å². The van der Waals surface area contributed by atoms with Gasteiger partial charge in [0, 0.05) is 18.7 Å². The first-order valence-corrected chi connectivity index (χ1v) is 5.47. The minimum atomic E-state index is 0.0844. The highest BCUT2D eigenvalue weighted by molar-refractivity contribution is 5.91. The summed E-state index contributed by atoms with van der Waals surface area (Å²) in [5, 5.41) is 0. The first-order chi connectivity index (χ1) is 7.13. The summed E-state index contributed by atoms with van der Waals surface area (Å²) in [6.07, 6.45) is 0. The van der Waals surface area contributed by atoms with Gasteiger partial charge in [0.1, 0.15) is 0 Å². The summed E-state index contributed by atoms with van der Waals surface area (Å²) in [7, 11) is 0. The lowest BCUT2D eigenvalue weighted by Gasteiger charge is -2.25. The summed E-state index contributed by atoms with van der Waals surface area (Å²) in [4.78, 5) is 13.1. The third-order valence-corrected chi connectivity index (χ3v) is 1.89. The average molecular weight is 207 g/mol. The Hall–Kier alpha value is -1.31. The Labute approximate surface area is 92.9 Å². The predicted molar refractivity (Wildman–Crippen MR) is 66.1 cm³/mol. The summed E-state index contributed by atoms with van der Waals surface area (Å²) < 4.78 is 0. The molecule has 0 saturated heterocycles. The number of carbonyl (C=O) groups excluding carboxylic acids is 1. The monoisotopic (exact) mass is 207 g/mol. The number of hydrogen-bond donors (Lipinski definition) is 0. The van der Waals surface area contributed by atoms with E-state index in [1.54, 1.807) is 11.8 Å². The molecule has 0 unspecified atom stereocenters. The average Bonchev–Trinajstić information content (AvgIpc) is 2.21. The molecule has 84 valence electrons. The van der Waals surface area contributed by atoms with Crippen LogP contribution in [0.15, 0.2) is 30.3 Å². The topological polar surface area (TPSA) is 20.3 Å². The maximum atomic E-state index is 11.3. The van der Waals surface area contributed by atoms with E-state index in [1.165, 1.54) is 0 Å². The van der Waals surface area contributed by atoms with Crippen LogP contribution in [0.1, 0.15) is 34.6 Å². The summed E-state index contributed by atoms with van der Waals surface area (Å²) >= 11 is 0. The first kappa shape index (κ1) is 13.7. The molecule has 0 aliphatic carbocycles. The molecule has 1 aromatic rings. The van der Waals surface area contributed by atoms with E-state index in [0.29, 0.717) is 0 Å². The van der Waals surface area contributed by atoms with Gasteiger partial charge in [-0.15, -0.1) is 0 Å². The standard InChI is InChI=1S/C11H15NO.C2H6/c1-9(2)12(10(3)13)11-7-5-4-6-8-11;1-2/h4-9H,1-3H3;1-2H3. The molecule has 0 aromatic heterocycles. The van der Waals surface area contributed by atoms with Crippen LogP contribution in [0.3, 0.4) is 0 Å². The smallest absolute Gasteiger partial charge is 0.224 e. The van der Waals surface area contributed by atoms with Gasteiger partial charge in [-0.2, -0.15) is 0 Å². The van der Waals surface area contributed by atoms with E-state index in [-0.39, 0.29) is 11.9 Å². The third kappa shape index (κ3) is 4.15. The quantitative estimate of drug-likeness (QED) is 0.727. The highest BCUT2D eigenvalue weighted by atomic mass is 16.2. The van der Waals surface area contributed by atoms with E-state index in [1.807, 2.05) is 58.0 Å². The minimum Gasteiger partial charge on any atom is -0.310 e. The zero-order valence-corrected chi connectivity index (χ0v) is 10.3. The molecule has 0 saturated carbocycles. The van der Waals surface area contributed by atoms with Crippen molar-refractivity contribution in [1.29, 1.82) is 0 Å². The molecule has 2 heteroatoms. The first-order valence-electron chi connectivity index (χ1n) is 5.47. The normalized spacial score (nSPS) is 9.20. The van der Waals surface area contributed by atoms with Crippen LogP contribution in [-0.4, -0.2) is 11.9 Å². The number of rotatable bonds is 2. The molecule has 1 rings (SSSR count). The molecule has 0 aliphatic rings. The Morgan fingerprint density at radius 1 is 1.13 bits per heavy atom. The zero-order valence-electron chi connectivity index (χ0n) is 10.3. The third-order valence-electron chi connectivity index (χ3n) is 1.89. The number of para-hydroxylation sites is 1. The Bertz CT molecular complexity index is 280. The second kappa shape index (κ2) is 7.04. The van der Waals surface area contributed by atoms with Gasteiger partial charge in [0.25, 0.3) is 0 Å². The predicted octanol–water partition coefficient (Wildman–Crippen LogP) is 3.47. The molecule has 0 atom stereocenters. The maximum absolute atomic E-state index is 11.3. The van der Waals surface area contributed by atoms with E-state index < -0.39 is 0 Å². The Morgan fingerprint density at radius 2 is 1.60 bits per heavy atom. The fourth-order valence-corrected chi connectivity index (χ4v) is 1.43. The summed E-state index contributed by atoms with van der Waals surface area (Å²) in [6.45, 7) is 9.61. The molecule has 0 heterocycles. The number of hydrogen-bond acceptors (Lipinski definition) is 1. The van der Waals surface area contributed by atoms with Crippen LogP contribution in [0.25, 0.3) is 0 Å². The molecule has 15 heavy (non-hydrogen) atoms. The van der Waals surface area contributed by atoms with Gasteiger partial charge < -0.3 is 4.90 Å². The summed E-state index contributed by atoms with van der Waals surface area (Å²) in [5.41, 5.74) is 0.963. The number of benzene rings is 1. The van der Waals surface area contributed by atoms with Crippen LogP contribution in [0.4, 0.5) is 5.69 Å². The Morgan fingerprint density at radius 3 is 1.93 bits per heavy atom. The maximum Gasteiger partial charge on any atom is 0.224 e. The Kier molecular flexibility index (Phi) is 6.43. The van der Waals surface area contributed by atoms with Crippen molar-refractivity contribution in [2.24, 2.45) is 0 Å². The Balaban J connectivity index is 0.000000921. The highest BCUT2D eigenvalue weighted by Crippen LogP contribution is 2.15. The van der Waals surface area contributed by atoms with Gasteiger partial charge in [-0.25, -0.2) is 0 Å². The van der Waals surface area contributed by atoms with E-state index >= 15 is 0 Å². The lowest BCUT2D eigenvalue weighted by atomic mass is 10.2. The van der Waals surface area contributed by atoms with Crippen molar-refractivity contribution in [3.63, 3.8) is 0 Å². The van der Waals surface area contributed by atoms with Crippen LogP contribution < -0.4 is 4.90 Å². The van der Waals surface area contributed by atoms with Crippen LogP contribution in [0, 0.1) is 0 Å². The SMILES string of the molecule is CC.CC(=O)N(c1ccccc1)C(C)C. The number of nitrogens with zero attached hydrogens (tertiary/aromatic N) is 1. The van der Waals surface area contributed by atoms with Crippen LogP contribution in [-0.2, 0) is 4.79 Å². The van der Waals surface area contributed by atoms with Crippen molar-refractivity contribution in [2.75, 3.05) is 4.90 Å². The summed E-state index contributed by atoms with van der Waals surface area (Å²) in [6, 6.07) is 9.92. The molecule has 0 bridgehead atoms. The molecule has 1 amide bonds. The molecule has 2 nitrogen and oxygen atoms in total. The van der Waals surface area contributed by atoms with Gasteiger partial charge in [0.05, 0.1) is 0 Å². The van der Waals surface area contributed by atoms with E-state index in [0.717, 1.165) is 5.69 Å². The fraction of sp³-hybridized carbons (Fsp3) is 0.462. The second-order valence-electron chi connectivity index (χ2n) is 3.32. The number of amides is 1. The van der Waals surface area contributed by atoms with Gasteiger partial charge in [0.15, 0.2) is 0 Å². The molecule has 0 aliphatic heterocycles. The van der Waals surface area contributed by atoms with Gasteiger partial charge in [-0.05, 0) is 26.0 Å². The molecular formula is C13H21NO. The molecule has 0 spiro atoms. The van der Waals surface area contributed by atoms with E-state index in [9.17, 15) is 4.79 Å². The van der Waals surface area contributed by atoms with Crippen LogP contribution in [0.5, 0.6) is 0 Å². The van der Waals surface area contributed by atoms with E-state index in [2.05, 4.69) is 0 Å². The zero-order chi connectivity index (χ0) is 11.8. The summed E-state index contributed by atoms with van der Waals surface area (Å²) in [5.74, 6) is 0.0844. The molecule has 1 aromatic carbocycles. The minimum absolute atomic E-state index is 0.0844. The van der Waals surface area contributed by atoms with Crippen LogP contribution >= 0.6 is 0 Å². The van der Waals surface area contributed by atoms with Gasteiger partial charge >= 0.3 is 0 Å². The van der Waals surface area contributed by atoms with Crippen LogP contribution in [0.2, 0.25) is 0 Å². The van der Waals surface area contributed by atoms with Gasteiger partial charge in [0.2, 0.25) is 5.91 Å². The molecule has 0 radical (unpaired) electrons. The van der Waals surface area contributed by atoms with Crippen molar-refractivity contribution in [3.05, 3.63) is 30.3 Å². The molecule has 0 fully saturated rings. The van der Waals surface area contributed by atoms with E-state index in [4.69, 9.17) is 0 Å². The highest BCUT2D eigenvalue weighted by Gasteiger charge is 2.13. The second-order valence-corrected chi connectivity index (χ2v) is 3.32. The van der Waals surface area contributed by atoms with Crippen molar-refractivity contribution >= 4 is 11.6 Å².